The lowest BCUT2D eigenvalue weighted by atomic mass is 10.1. The number of rotatable bonds is 4. The summed E-state index contributed by atoms with van der Waals surface area (Å²) in [4.78, 5) is 7.04. The maximum absolute atomic E-state index is 5.98. The van der Waals surface area contributed by atoms with Crippen LogP contribution in [0.2, 0.25) is 0 Å². The molecule has 3 heteroatoms. The summed E-state index contributed by atoms with van der Waals surface area (Å²) in [5.41, 5.74) is 3.21. The van der Waals surface area contributed by atoms with Crippen LogP contribution >= 0.6 is 0 Å². The van der Waals surface area contributed by atoms with E-state index < -0.39 is 0 Å². The molecule has 1 unspecified atom stereocenters. The first-order chi connectivity index (χ1) is 14.7. The van der Waals surface area contributed by atoms with Crippen molar-refractivity contribution < 1.29 is 4.74 Å². The summed E-state index contributed by atoms with van der Waals surface area (Å²) in [5.74, 6) is 7.44. The third-order valence-electron chi connectivity index (χ3n) is 5.52. The summed E-state index contributed by atoms with van der Waals surface area (Å²) < 4.78 is 5.98. The van der Waals surface area contributed by atoms with Gasteiger partial charge in [0.2, 0.25) is 0 Å². The van der Waals surface area contributed by atoms with Gasteiger partial charge in [-0.25, -0.2) is 0 Å². The second-order valence-corrected chi connectivity index (χ2v) is 7.88. The number of allylic oxidation sites excluding steroid dienone is 1. The summed E-state index contributed by atoms with van der Waals surface area (Å²) in [6.07, 6.45) is 8.67. The van der Waals surface area contributed by atoms with E-state index in [1.54, 1.807) is 0 Å². The van der Waals surface area contributed by atoms with E-state index >= 15 is 0 Å². The summed E-state index contributed by atoms with van der Waals surface area (Å²) in [6.45, 7) is 10.2. The predicted octanol–water partition coefficient (Wildman–Crippen LogP) is 3.09. The summed E-state index contributed by atoms with van der Waals surface area (Å²) in [5, 5.41) is 2.16. The number of aliphatic imine (C=N–C) groups is 1. The highest BCUT2D eigenvalue weighted by Crippen LogP contribution is 2.19. The zero-order valence-corrected chi connectivity index (χ0v) is 17.6. The Bertz CT molecular complexity index is 1090. The first kappa shape index (κ1) is 20.2. The molecule has 2 heterocycles. The van der Waals surface area contributed by atoms with Gasteiger partial charge < -0.3 is 4.74 Å². The topological polar surface area (TPSA) is 24.8 Å². The van der Waals surface area contributed by atoms with Crippen molar-refractivity contribution in [1.82, 2.24) is 4.90 Å². The van der Waals surface area contributed by atoms with Gasteiger partial charge in [0.1, 0.15) is 18.4 Å². The Kier molecular flexibility index (Phi) is 6.47. The van der Waals surface area contributed by atoms with Gasteiger partial charge in [0.25, 0.3) is 0 Å². The van der Waals surface area contributed by atoms with Crippen molar-refractivity contribution in [3.8, 4) is 17.6 Å². The van der Waals surface area contributed by atoms with Crippen molar-refractivity contribution in [2.45, 2.75) is 25.8 Å². The molecule has 0 radical (unpaired) electrons. The molecule has 3 nitrogen and oxygen atoms in total. The zero-order valence-electron chi connectivity index (χ0n) is 17.6. The van der Waals surface area contributed by atoms with E-state index in [-0.39, 0.29) is 6.04 Å². The fourth-order valence-corrected chi connectivity index (χ4v) is 3.74. The Hall–Kier alpha value is -3.09. The SMILES string of the molecule is C=c1ccc(=C2C=CC(C#Cc3ccc(OCCN4CCCC4)c(C)c3)N=C2)cc1. The molecule has 1 atom stereocenters. The molecule has 0 amide bonds. The van der Waals surface area contributed by atoms with Gasteiger partial charge in [-0.05, 0) is 78.7 Å². The highest BCUT2D eigenvalue weighted by molar-refractivity contribution is 6.07. The van der Waals surface area contributed by atoms with Crippen LogP contribution in [-0.4, -0.2) is 43.4 Å². The molecule has 1 fully saturated rings. The van der Waals surface area contributed by atoms with E-state index in [9.17, 15) is 0 Å². The van der Waals surface area contributed by atoms with E-state index in [1.807, 2.05) is 36.6 Å². The van der Waals surface area contributed by atoms with Gasteiger partial charge in [-0.2, -0.15) is 0 Å². The Labute approximate surface area is 179 Å². The minimum absolute atomic E-state index is 0.113. The minimum atomic E-state index is -0.113. The molecule has 0 N–H and O–H groups in total. The number of hydrogen-bond donors (Lipinski definition) is 0. The van der Waals surface area contributed by atoms with Crippen LogP contribution in [0.3, 0.4) is 0 Å². The molecule has 152 valence electrons. The van der Waals surface area contributed by atoms with Crippen LogP contribution in [0.15, 0.2) is 59.6 Å². The van der Waals surface area contributed by atoms with Crippen LogP contribution < -0.4 is 15.2 Å². The molecule has 0 spiro atoms. The van der Waals surface area contributed by atoms with Gasteiger partial charge in [0.05, 0.1) is 0 Å². The molecule has 4 rings (SSSR count). The first-order valence-corrected chi connectivity index (χ1v) is 10.7. The first-order valence-electron chi connectivity index (χ1n) is 10.7. The van der Waals surface area contributed by atoms with Crippen LogP contribution in [0.5, 0.6) is 5.75 Å². The van der Waals surface area contributed by atoms with E-state index in [2.05, 4.69) is 59.5 Å². The predicted molar refractivity (Wildman–Crippen MR) is 125 cm³/mol. The molecule has 0 aromatic heterocycles. The normalized spacial score (nSPS) is 18.3. The van der Waals surface area contributed by atoms with Gasteiger partial charge >= 0.3 is 0 Å². The highest BCUT2D eigenvalue weighted by Gasteiger charge is 2.11. The second kappa shape index (κ2) is 9.61. The molecule has 0 bridgehead atoms. The van der Waals surface area contributed by atoms with Gasteiger partial charge in [-0.3, -0.25) is 9.89 Å². The maximum Gasteiger partial charge on any atom is 0.129 e. The molecule has 1 saturated heterocycles. The lowest BCUT2D eigenvalue weighted by Crippen LogP contribution is -2.25. The van der Waals surface area contributed by atoms with Crippen molar-refractivity contribution in [2.75, 3.05) is 26.2 Å². The number of nitrogens with zero attached hydrogens (tertiary/aromatic N) is 2. The number of hydrogen-bond acceptors (Lipinski definition) is 3. The van der Waals surface area contributed by atoms with Gasteiger partial charge in [0, 0.05) is 18.3 Å². The average molecular weight is 397 g/mol. The Morgan fingerprint density at radius 3 is 2.63 bits per heavy atom. The summed E-state index contributed by atoms with van der Waals surface area (Å²) in [6, 6.07) is 14.2. The Morgan fingerprint density at radius 1 is 1.13 bits per heavy atom. The Morgan fingerprint density at radius 2 is 1.93 bits per heavy atom. The Balaban J connectivity index is 1.36. The molecule has 2 aromatic rings. The van der Waals surface area contributed by atoms with E-state index in [0.717, 1.165) is 46.0 Å². The lowest BCUT2D eigenvalue weighted by molar-refractivity contribution is 0.237. The van der Waals surface area contributed by atoms with Crippen molar-refractivity contribution in [3.05, 3.63) is 76.2 Å². The van der Waals surface area contributed by atoms with Gasteiger partial charge in [-0.15, -0.1) is 0 Å². The number of aryl methyl sites for hydroxylation is 1. The molecule has 0 aliphatic carbocycles. The van der Waals surface area contributed by atoms with Crippen molar-refractivity contribution in [1.29, 1.82) is 0 Å². The number of ether oxygens (including phenoxy) is 1. The minimum Gasteiger partial charge on any atom is -0.492 e. The maximum atomic E-state index is 5.98. The quantitative estimate of drug-likeness (QED) is 0.742. The third kappa shape index (κ3) is 5.28. The van der Waals surface area contributed by atoms with Crippen molar-refractivity contribution in [3.63, 3.8) is 0 Å². The molecule has 0 saturated carbocycles. The monoisotopic (exact) mass is 396 g/mol. The van der Waals surface area contributed by atoms with Crippen LogP contribution in [0, 0.1) is 18.8 Å². The molecule has 30 heavy (non-hydrogen) atoms. The van der Waals surface area contributed by atoms with E-state index in [0.29, 0.717) is 0 Å². The molecule has 2 aliphatic heterocycles. The zero-order chi connectivity index (χ0) is 20.8. The van der Waals surface area contributed by atoms with Crippen LogP contribution in [0.25, 0.3) is 12.2 Å². The fraction of sp³-hybridized carbons (Fsp3) is 0.296. The van der Waals surface area contributed by atoms with Gasteiger partial charge in [0.15, 0.2) is 0 Å². The largest absolute Gasteiger partial charge is 0.492 e. The number of likely N-dealkylation sites (tertiary alicyclic amines) is 1. The standard InChI is InChI=1S/C27H28N2O/c1-21-5-9-24(10-6-21)25-11-13-26(28-20-25)12-7-23-8-14-27(22(2)19-23)30-18-17-29-15-3-4-16-29/h5-6,8-11,13-14,19-20,26H,1,3-4,15-18H2,2H3. The van der Waals surface area contributed by atoms with E-state index in [1.165, 1.54) is 25.9 Å². The van der Waals surface area contributed by atoms with Crippen LogP contribution in [0.4, 0.5) is 0 Å². The average Bonchev–Trinajstić information content (AvgIpc) is 3.28. The van der Waals surface area contributed by atoms with E-state index in [4.69, 9.17) is 4.74 Å². The molecular formula is C27H28N2O. The second-order valence-electron chi connectivity index (χ2n) is 7.88. The molecule has 2 aromatic carbocycles. The van der Waals surface area contributed by atoms with Crippen molar-refractivity contribution in [2.24, 2.45) is 4.99 Å². The number of dihydropyridines is 1. The third-order valence-corrected chi connectivity index (χ3v) is 5.52. The summed E-state index contributed by atoms with van der Waals surface area (Å²) in [7, 11) is 0. The van der Waals surface area contributed by atoms with Gasteiger partial charge in [-0.1, -0.05) is 48.8 Å². The molecular weight excluding hydrogens is 368 g/mol. The fourth-order valence-electron chi connectivity index (χ4n) is 3.74. The smallest absolute Gasteiger partial charge is 0.129 e. The lowest BCUT2D eigenvalue weighted by Gasteiger charge is -2.15. The highest BCUT2D eigenvalue weighted by atomic mass is 16.5. The molecule has 2 aliphatic rings. The van der Waals surface area contributed by atoms with Crippen molar-refractivity contribution >= 4 is 18.4 Å². The van der Waals surface area contributed by atoms with Crippen LogP contribution in [-0.2, 0) is 0 Å². The number of benzene rings is 2. The summed E-state index contributed by atoms with van der Waals surface area (Å²) >= 11 is 0. The van der Waals surface area contributed by atoms with Crippen LogP contribution in [0.1, 0.15) is 24.0 Å².